The van der Waals surface area contributed by atoms with E-state index in [4.69, 9.17) is 5.26 Å². The highest BCUT2D eigenvalue weighted by atomic mass is 19.1. The fourth-order valence-electron chi connectivity index (χ4n) is 1.14. The number of halogens is 2. The van der Waals surface area contributed by atoms with Crippen LogP contribution in [0.25, 0.3) is 0 Å². The lowest BCUT2D eigenvalue weighted by Gasteiger charge is -2.05. The number of aryl methyl sites for hydroxylation is 1. The molecule has 0 aliphatic heterocycles. The van der Waals surface area contributed by atoms with Crippen molar-refractivity contribution in [3.63, 3.8) is 0 Å². The number of benzene rings is 1. The monoisotopic (exact) mass is 209 g/mol. The average molecular weight is 209 g/mol. The van der Waals surface area contributed by atoms with Gasteiger partial charge < -0.3 is 0 Å². The number of ketones is 1. The van der Waals surface area contributed by atoms with Gasteiger partial charge in [-0.3, -0.25) is 4.79 Å². The quantitative estimate of drug-likeness (QED) is 0.702. The summed E-state index contributed by atoms with van der Waals surface area (Å²) in [6.07, 6.45) is 0. The number of hydrogen-bond acceptors (Lipinski definition) is 2. The fourth-order valence-corrected chi connectivity index (χ4v) is 1.14. The zero-order valence-corrected chi connectivity index (χ0v) is 8.34. The van der Waals surface area contributed by atoms with Crippen LogP contribution in [-0.4, -0.2) is 5.78 Å². The summed E-state index contributed by atoms with van der Waals surface area (Å²) in [4.78, 5) is 11.5. The molecule has 1 atom stereocenters. The van der Waals surface area contributed by atoms with Crippen molar-refractivity contribution < 1.29 is 13.6 Å². The number of carbonyl (C=O) groups is 1. The SMILES string of the molecule is Cc1cc(C(=O)C(C)C#N)c(F)cc1F. The Morgan fingerprint density at radius 2 is 2.00 bits per heavy atom. The highest BCUT2D eigenvalue weighted by molar-refractivity contribution is 5.99. The topological polar surface area (TPSA) is 40.9 Å². The van der Waals surface area contributed by atoms with Crippen LogP contribution in [0.1, 0.15) is 22.8 Å². The Hall–Kier alpha value is -1.76. The first kappa shape index (κ1) is 11.3. The summed E-state index contributed by atoms with van der Waals surface area (Å²) >= 11 is 0. The molecule has 0 aromatic heterocycles. The Kier molecular flexibility index (Phi) is 3.15. The lowest BCUT2D eigenvalue weighted by Crippen LogP contribution is -2.12. The van der Waals surface area contributed by atoms with Crippen molar-refractivity contribution in [3.05, 3.63) is 34.9 Å². The molecule has 0 N–H and O–H groups in total. The Morgan fingerprint density at radius 3 is 2.53 bits per heavy atom. The number of hydrogen-bond donors (Lipinski definition) is 0. The molecule has 0 radical (unpaired) electrons. The van der Waals surface area contributed by atoms with Crippen LogP contribution in [-0.2, 0) is 0 Å². The van der Waals surface area contributed by atoms with Crippen molar-refractivity contribution in [1.82, 2.24) is 0 Å². The number of rotatable bonds is 2. The van der Waals surface area contributed by atoms with E-state index in [-0.39, 0.29) is 11.1 Å². The van der Waals surface area contributed by atoms with Gasteiger partial charge in [-0.15, -0.1) is 0 Å². The van der Waals surface area contributed by atoms with E-state index >= 15 is 0 Å². The summed E-state index contributed by atoms with van der Waals surface area (Å²) in [6, 6.07) is 3.50. The minimum atomic E-state index is -0.927. The number of carbonyl (C=O) groups excluding carboxylic acids is 1. The first-order valence-corrected chi connectivity index (χ1v) is 4.37. The van der Waals surface area contributed by atoms with Crippen molar-refractivity contribution in [2.75, 3.05) is 0 Å². The van der Waals surface area contributed by atoms with E-state index in [1.165, 1.54) is 13.8 Å². The summed E-state index contributed by atoms with van der Waals surface area (Å²) in [7, 11) is 0. The van der Waals surface area contributed by atoms with Crippen molar-refractivity contribution in [3.8, 4) is 6.07 Å². The third-order valence-corrected chi connectivity index (χ3v) is 2.10. The van der Waals surface area contributed by atoms with Gasteiger partial charge in [0.2, 0.25) is 0 Å². The molecule has 0 fully saturated rings. The Bertz CT molecular complexity index is 449. The predicted molar refractivity (Wildman–Crippen MR) is 50.2 cm³/mol. The maximum Gasteiger partial charge on any atom is 0.182 e. The minimum Gasteiger partial charge on any atom is -0.293 e. The molecule has 4 heteroatoms. The molecule has 2 nitrogen and oxygen atoms in total. The highest BCUT2D eigenvalue weighted by Crippen LogP contribution is 2.17. The van der Waals surface area contributed by atoms with Crippen LogP contribution in [0, 0.1) is 35.8 Å². The Balaban J connectivity index is 3.22. The standard InChI is InChI=1S/C11H9F2NO/c1-6-3-8(10(13)4-9(6)12)11(15)7(2)5-14/h3-4,7H,1-2H3. The molecule has 0 aliphatic carbocycles. The first-order chi connectivity index (χ1) is 6.97. The molecule has 0 saturated heterocycles. The third kappa shape index (κ3) is 2.18. The van der Waals surface area contributed by atoms with Crippen LogP contribution in [0.4, 0.5) is 8.78 Å². The van der Waals surface area contributed by atoms with Gasteiger partial charge in [0, 0.05) is 6.07 Å². The molecule has 0 aliphatic rings. The molecule has 0 saturated carbocycles. The van der Waals surface area contributed by atoms with E-state index in [0.717, 1.165) is 6.07 Å². The second-order valence-corrected chi connectivity index (χ2v) is 3.30. The van der Waals surface area contributed by atoms with Gasteiger partial charge in [0.1, 0.15) is 17.6 Å². The summed E-state index contributed by atoms with van der Waals surface area (Å²) in [5, 5.41) is 8.51. The van der Waals surface area contributed by atoms with Gasteiger partial charge in [-0.25, -0.2) is 8.78 Å². The first-order valence-electron chi connectivity index (χ1n) is 4.37. The summed E-state index contributed by atoms with van der Waals surface area (Å²) < 4.78 is 26.1. The second kappa shape index (κ2) is 4.18. The molecule has 15 heavy (non-hydrogen) atoms. The van der Waals surface area contributed by atoms with E-state index in [1.54, 1.807) is 6.07 Å². The Labute approximate surface area is 86.1 Å². The maximum atomic E-state index is 13.2. The number of Topliss-reactive ketones (excluding diaryl/α,β-unsaturated/α-hetero) is 1. The van der Waals surface area contributed by atoms with E-state index in [1.807, 2.05) is 0 Å². The molecule has 1 unspecified atom stereocenters. The highest BCUT2D eigenvalue weighted by Gasteiger charge is 2.19. The molecule has 1 aromatic rings. The zero-order valence-electron chi connectivity index (χ0n) is 8.34. The van der Waals surface area contributed by atoms with Gasteiger partial charge in [0.15, 0.2) is 5.78 Å². The van der Waals surface area contributed by atoms with Gasteiger partial charge in [0.05, 0.1) is 11.6 Å². The molecule has 1 aromatic carbocycles. The molecule has 1 rings (SSSR count). The zero-order chi connectivity index (χ0) is 11.6. The van der Waals surface area contributed by atoms with Gasteiger partial charge in [-0.1, -0.05) is 0 Å². The van der Waals surface area contributed by atoms with Crippen LogP contribution < -0.4 is 0 Å². The summed E-state index contributed by atoms with van der Waals surface area (Å²) in [6.45, 7) is 2.81. The molecule has 0 spiro atoms. The molecular weight excluding hydrogens is 200 g/mol. The summed E-state index contributed by atoms with van der Waals surface area (Å²) in [5.74, 6) is -3.18. The smallest absolute Gasteiger partial charge is 0.182 e. The number of nitriles is 1. The minimum absolute atomic E-state index is 0.185. The van der Waals surface area contributed by atoms with E-state index in [9.17, 15) is 13.6 Å². The van der Waals surface area contributed by atoms with Crippen LogP contribution in [0.15, 0.2) is 12.1 Å². The molecular formula is C11H9F2NO. The van der Waals surface area contributed by atoms with Crippen LogP contribution >= 0.6 is 0 Å². The van der Waals surface area contributed by atoms with Crippen molar-refractivity contribution in [2.24, 2.45) is 5.92 Å². The lowest BCUT2D eigenvalue weighted by atomic mass is 9.98. The predicted octanol–water partition coefficient (Wildman–Crippen LogP) is 2.62. The lowest BCUT2D eigenvalue weighted by molar-refractivity contribution is 0.0952. The molecule has 0 heterocycles. The van der Waals surface area contributed by atoms with Gasteiger partial charge >= 0.3 is 0 Å². The van der Waals surface area contributed by atoms with Crippen molar-refractivity contribution in [2.45, 2.75) is 13.8 Å². The van der Waals surface area contributed by atoms with Crippen molar-refractivity contribution in [1.29, 1.82) is 5.26 Å². The van der Waals surface area contributed by atoms with E-state index in [0.29, 0.717) is 6.07 Å². The fraction of sp³-hybridized carbons (Fsp3) is 0.273. The molecule has 78 valence electrons. The van der Waals surface area contributed by atoms with Crippen molar-refractivity contribution >= 4 is 5.78 Å². The third-order valence-electron chi connectivity index (χ3n) is 2.10. The second-order valence-electron chi connectivity index (χ2n) is 3.30. The van der Waals surface area contributed by atoms with Crippen LogP contribution in [0.2, 0.25) is 0 Å². The normalized spacial score (nSPS) is 11.9. The average Bonchev–Trinajstić information content (AvgIpc) is 2.21. The van der Waals surface area contributed by atoms with Gasteiger partial charge in [-0.05, 0) is 25.5 Å². The molecule has 0 amide bonds. The van der Waals surface area contributed by atoms with Gasteiger partial charge in [0.25, 0.3) is 0 Å². The van der Waals surface area contributed by atoms with Crippen LogP contribution in [0.3, 0.4) is 0 Å². The number of nitrogens with zero attached hydrogens (tertiary/aromatic N) is 1. The summed E-state index contributed by atoms with van der Waals surface area (Å²) in [5.41, 5.74) is -0.0483. The largest absolute Gasteiger partial charge is 0.293 e. The van der Waals surface area contributed by atoms with Crippen LogP contribution in [0.5, 0.6) is 0 Å². The van der Waals surface area contributed by atoms with E-state index in [2.05, 4.69) is 0 Å². The Morgan fingerprint density at radius 1 is 1.40 bits per heavy atom. The van der Waals surface area contributed by atoms with E-state index < -0.39 is 23.3 Å². The maximum absolute atomic E-state index is 13.2. The molecule has 0 bridgehead atoms. The van der Waals surface area contributed by atoms with Gasteiger partial charge in [-0.2, -0.15) is 5.26 Å².